The van der Waals surface area contributed by atoms with E-state index < -0.39 is 0 Å². The summed E-state index contributed by atoms with van der Waals surface area (Å²) in [4.78, 5) is 19.7. The number of halogens is 1. The van der Waals surface area contributed by atoms with Crippen molar-refractivity contribution in [1.82, 2.24) is 9.55 Å². The fourth-order valence-electron chi connectivity index (χ4n) is 4.66. The van der Waals surface area contributed by atoms with Crippen LogP contribution in [0, 0.1) is 6.92 Å². The van der Waals surface area contributed by atoms with Crippen molar-refractivity contribution in [3.63, 3.8) is 0 Å². The fourth-order valence-corrected chi connectivity index (χ4v) is 4.84. The molecule has 1 amide bonds. The molecule has 2 heterocycles. The Labute approximate surface area is 210 Å². The van der Waals surface area contributed by atoms with Crippen LogP contribution in [0.25, 0.3) is 11.0 Å². The number of rotatable bonds is 8. The number of ether oxygens (including phenoxy) is 2. The Balaban J connectivity index is 1.35. The third-order valence-corrected chi connectivity index (χ3v) is 6.90. The highest BCUT2D eigenvalue weighted by atomic mass is 35.5. The van der Waals surface area contributed by atoms with Gasteiger partial charge in [-0.25, -0.2) is 4.98 Å². The van der Waals surface area contributed by atoms with E-state index in [0.29, 0.717) is 24.6 Å². The highest BCUT2D eigenvalue weighted by Crippen LogP contribution is 2.35. The van der Waals surface area contributed by atoms with Gasteiger partial charge in [0.05, 0.1) is 24.8 Å². The molecule has 6 nitrogen and oxygen atoms in total. The summed E-state index contributed by atoms with van der Waals surface area (Å²) in [7, 11) is 1.64. The normalized spacial score (nSPS) is 15.7. The van der Waals surface area contributed by atoms with Gasteiger partial charge >= 0.3 is 0 Å². The summed E-state index contributed by atoms with van der Waals surface area (Å²) in [5.74, 6) is 2.50. The number of hydrogen-bond acceptors (Lipinski definition) is 4. The van der Waals surface area contributed by atoms with Crippen molar-refractivity contribution in [3.05, 3.63) is 83.1 Å². The molecule has 0 N–H and O–H groups in total. The van der Waals surface area contributed by atoms with E-state index in [2.05, 4.69) is 10.6 Å². The largest absolute Gasteiger partial charge is 0.493 e. The summed E-state index contributed by atoms with van der Waals surface area (Å²) >= 11 is 6.33. The van der Waals surface area contributed by atoms with E-state index in [1.165, 1.54) is 0 Å². The number of amides is 1. The molecule has 0 bridgehead atoms. The number of anilines is 1. The zero-order valence-corrected chi connectivity index (χ0v) is 20.7. The molecule has 1 saturated heterocycles. The van der Waals surface area contributed by atoms with E-state index in [1.807, 2.05) is 72.5 Å². The Morgan fingerprint density at radius 3 is 2.63 bits per heavy atom. The van der Waals surface area contributed by atoms with Gasteiger partial charge in [-0.15, -0.1) is 0 Å². The number of carbonyl (C=O) groups excluding carboxylic acids is 1. The molecule has 0 unspecified atom stereocenters. The molecule has 1 aliphatic rings. The van der Waals surface area contributed by atoms with Gasteiger partial charge in [-0.3, -0.25) is 4.79 Å². The summed E-state index contributed by atoms with van der Waals surface area (Å²) in [5.41, 5.74) is 3.85. The van der Waals surface area contributed by atoms with Crippen LogP contribution in [0.4, 0.5) is 5.69 Å². The molecular formula is C28H28ClN3O3. The monoisotopic (exact) mass is 489 g/mol. The van der Waals surface area contributed by atoms with Crippen molar-refractivity contribution in [3.8, 4) is 11.5 Å². The first-order valence-electron chi connectivity index (χ1n) is 11.8. The van der Waals surface area contributed by atoms with E-state index in [1.54, 1.807) is 7.11 Å². The van der Waals surface area contributed by atoms with Crippen LogP contribution in [0.3, 0.4) is 0 Å². The summed E-state index contributed by atoms with van der Waals surface area (Å²) < 4.78 is 13.6. The Kier molecular flexibility index (Phi) is 6.64. The molecule has 180 valence electrons. The maximum Gasteiger partial charge on any atom is 0.227 e. The third-order valence-electron chi connectivity index (χ3n) is 6.49. The van der Waals surface area contributed by atoms with Gasteiger partial charge in [0.2, 0.25) is 5.91 Å². The van der Waals surface area contributed by atoms with Gasteiger partial charge in [-0.05, 0) is 55.3 Å². The van der Waals surface area contributed by atoms with Crippen LogP contribution in [0.5, 0.6) is 11.5 Å². The molecule has 7 heteroatoms. The quantitative estimate of drug-likeness (QED) is 0.285. The maximum absolute atomic E-state index is 13.0. The topological polar surface area (TPSA) is 56.6 Å². The summed E-state index contributed by atoms with van der Waals surface area (Å²) in [6.45, 7) is 3.83. The molecule has 1 atom stereocenters. The first kappa shape index (κ1) is 23.2. The molecule has 0 aliphatic carbocycles. The number of nitrogens with zero attached hydrogens (tertiary/aromatic N) is 3. The summed E-state index contributed by atoms with van der Waals surface area (Å²) in [6.07, 6.45) is 1.22. The zero-order chi connectivity index (χ0) is 24.4. The first-order valence-corrected chi connectivity index (χ1v) is 12.2. The lowest BCUT2D eigenvalue weighted by atomic mass is 10.1. The maximum atomic E-state index is 13.0. The average Bonchev–Trinajstić information content (AvgIpc) is 3.44. The van der Waals surface area contributed by atoms with Crippen LogP contribution in [0.2, 0.25) is 5.02 Å². The smallest absolute Gasteiger partial charge is 0.227 e. The van der Waals surface area contributed by atoms with Crippen LogP contribution >= 0.6 is 11.6 Å². The number of aryl methyl sites for hydroxylation is 2. The lowest BCUT2D eigenvalue weighted by molar-refractivity contribution is -0.117. The lowest BCUT2D eigenvalue weighted by Gasteiger charge is -2.18. The SMILES string of the molecule is COc1ccccc1OCCCn1c([C@H]2CC(=O)N(c3ccc(C)c(Cl)c3)C2)nc2ccccc21. The van der Waals surface area contributed by atoms with Crippen LogP contribution in [-0.2, 0) is 11.3 Å². The predicted molar refractivity (Wildman–Crippen MR) is 139 cm³/mol. The van der Waals surface area contributed by atoms with Gasteiger partial charge in [-0.2, -0.15) is 0 Å². The number of para-hydroxylation sites is 4. The van der Waals surface area contributed by atoms with Gasteiger partial charge < -0.3 is 18.9 Å². The molecule has 0 saturated carbocycles. The van der Waals surface area contributed by atoms with E-state index in [-0.39, 0.29) is 11.8 Å². The van der Waals surface area contributed by atoms with Gasteiger partial charge in [-0.1, -0.05) is 41.9 Å². The Morgan fingerprint density at radius 1 is 1.06 bits per heavy atom. The third kappa shape index (κ3) is 4.71. The second-order valence-corrected chi connectivity index (χ2v) is 9.21. The molecule has 35 heavy (non-hydrogen) atoms. The zero-order valence-electron chi connectivity index (χ0n) is 19.9. The molecule has 0 radical (unpaired) electrons. The number of carbonyl (C=O) groups is 1. The molecule has 5 rings (SSSR count). The fraction of sp³-hybridized carbons (Fsp3) is 0.286. The minimum atomic E-state index is 0.00474. The van der Waals surface area contributed by atoms with E-state index in [9.17, 15) is 4.79 Å². The van der Waals surface area contributed by atoms with Crippen molar-refractivity contribution in [2.75, 3.05) is 25.2 Å². The minimum Gasteiger partial charge on any atom is -0.493 e. The molecule has 4 aromatic rings. The number of aromatic nitrogens is 2. The van der Waals surface area contributed by atoms with Gasteiger partial charge in [0.1, 0.15) is 5.82 Å². The number of benzene rings is 3. The number of fused-ring (bicyclic) bond motifs is 1. The number of imidazole rings is 1. The standard InChI is InChI=1S/C28H28ClN3O3/c1-19-12-13-21(17-22(19)29)32-18-20(16-27(32)33)28-30-23-8-3-4-9-24(23)31(28)14-7-15-35-26-11-6-5-10-25(26)34-2/h3-6,8-13,17,20H,7,14-16,18H2,1-2H3/t20-/m0/s1. The van der Waals surface area contributed by atoms with Gasteiger partial charge in [0.25, 0.3) is 0 Å². The van der Waals surface area contributed by atoms with E-state index in [4.69, 9.17) is 26.1 Å². The molecule has 1 aliphatic heterocycles. The van der Waals surface area contributed by atoms with E-state index >= 15 is 0 Å². The summed E-state index contributed by atoms with van der Waals surface area (Å²) in [6, 6.07) is 21.6. The highest BCUT2D eigenvalue weighted by molar-refractivity contribution is 6.31. The van der Waals surface area contributed by atoms with Gasteiger partial charge in [0, 0.05) is 36.1 Å². The minimum absolute atomic E-state index is 0.00474. The predicted octanol–water partition coefficient (Wildman–Crippen LogP) is 6.00. The molecule has 1 fully saturated rings. The van der Waals surface area contributed by atoms with E-state index in [0.717, 1.165) is 52.6 Å². The summed E-state index contributed by atoms with van der Waals surface area (Å²) in [5, 5.41) is 0.668. The van der Waals surface area contributed by atoms with Crippen molar-refractivity contribution in [2.24, 2.45) is 0 Å². The van der Waals surface area contributed by atoms with Crippen molar-refractivity contribution in [2.45, 2.75) is 32.2 Å². The second-order valence-electron chi connectivity index (χ2n) is 8.80. The molecule has 0 spiro atoms. The Morgan fingerprint density at radius 2 is 1.83 bits per heavy atom. The molecular weight excluding hydrogens is 462 g/mol. The van der Waals surface area contributed by atoms with Crippen molar-refractivity contribution >= 4 is 34.2 Å². The average molecular weight is 490 g/mol. The van der Waals surface area contributed by atoms with Crippen molar-refractivity contribution in [1.29, 1.82) is 0 Å². The van der Waals surface area contributed by atoms with Crippen LogP contribution in [0.1, 0.15) is 30.1 Å². The van der Waals surface area contributed by atoms with Crippen LogP contribution in [-0.4, -0.2) is 35.7 Å². The van der Waals surface area contributed by atoms with Gasteiger partial charge in [0.15, 0.2) is 11.5 Å². The number of hydrogen-bond donors (Lipinski definition) is 0. The van der Waals surface area contributed by atoms with Crippen LogP contribution in [0.15, 0.2) is 66.7 Å². The molecule has 1 aromatic heterocycles. The second kappa shape index (κ2) is 10.0. The Hall–Kier alpha value is -3.51. The number of methoxy groups -OCH3 is 1. The first-order chi connectivity index (χ1) is 17.0. The Bertz CT molecular complexity index is 1370. The van der Waals surface area contributed by atoms with Crippen molar-refractivity contribution < 1.29 is 14.3 Å². The van der Waals surface area contributed by atoms with Crippen LogP contribution < -0.4 is 14.4 Å². The highest BCUT2D eigenvalue weighted by Gasteiger charge is 2.35. The molecule has 3 aromatic carbocycles. The lowest BCUT2D eigenvalue weighted by Crippen LogP contribution is -2.24.